The minimum atomic E-state index is -0.732. The minimum Gasteiger partial charge on any atom is -0.395 e. The van der Waals surface area contributed by atoms with Crippen molar-refractivity contribution in [3.63, 3.8) is 0 Å². The lowest BCUT2D eigenvalue weighted by molar-refractivity contribution is 0.0158. The zero-order chi connectivity index (χ0) is 15.3. The van der Waals surface area contributed by atoms with Crippen LogP contribution >= 0.6 is 11.3 Å². The number of amides is 1. The minimum absolute atomic E-state index is 0.0212. The number of nitrogens with zero attached hydrogens (tertiary/aromatic N) is 1. The van der Waals surface area contributed by atoms with E-state index in [1.165, 1.54) is 11.3 Å². The van der Waals surface area contributed by atoms with Gasteiger partial charge in [0, 0.05) is 25.6 Å². The van der Waals surface area contributed by atoms with Crippen LogP contribution in [0.25, 0.3) is 0 Å². The van der Waals surface area contributed by atoms with E-state index >= 15 is 0 Å². The van der Waals surface area contributed by atoms with Crippen LogP contribution < -0.4 is 0 Å². The Kier molecular flexibility index (Phi) is 5.40. The highest BCUT2D eigenvalue weighted by molar-refractivity contribution is 7.12. The molecule has 1 aliphatic carbocycles. The summed E-state index contributed by atoms with van der Waals surface area (Å²) in [4.78, 5) is 14.7. The van der Waals surface area contributed by atoms with E-state index in [1.54, 1.807) is 11.9 Å². The average molecular weight is 307 g/mol. The van der Waals surface area contributed by atoms with E-state index in [9.17, 15) is 9.90 Å². The highest BCUT2D eigenvalue weighted by atomic mass is 32.1. The van der Waals surface area contributed by atoms with Gasteiger partial charge < -0.3 is 15.1 Å². The van der Waals surface area contributed by atoms with Gasteiger partial charge in [-0.05, 0) is 24.3 Å². The summed E-state index contributed by atoms with van der Waals surface area (Å²) in [6.45, 7) is 0.389. The molecule has 0 spiro atoms. The van der Waals surface area contributed by atoms with Gasteiger partial charge in [0.05, 0.1) is 12.2 Å². The summed E-state index contributed by atoms with van der Waals surface area (Å²) in [5, 5.41) is 21.0. The molecule has 1 heterocycles. The summed E-state index contributed by atoms with van der Waals surface area (Å²) in [6.07, 6.45) is 3.97. The van der Waals surface area contributed by atoms with Gasteiger partial charge in [0.2, 0.25) is 0 Å². The Labute approximate surface area is 129 Å². The number of likely N-dealkylation sites (N-methyl/N-ethyl adjacent to an activating group) is 1. The van der Waals surface area contributed by atoms with Gasteiger partial charge in [-0.1, -0.05) is 24.7 Å². The fourth-order valence-corrected chi connectivity index (χ4v) is 3.51. The second kappa shape index (κ2) is 7.08. The predicted octanol–water partition coefficient (Wildman–Crippen LogP) is 1.86. The molecular weight excluding hydrogens is 286 g/mol. The number of carbonyl (C=O) groups is 1. The Balaban J connectivity index is 2.06. The zero-order valence-electron chi connectivity index (χ0n) is 12.3. The van der Waals surface area contributed by atoms with Gasteiger partial charge in [0.25, 0.3) is 5.91 Å². The number of aliphatic hydroxyl groups is 2. The normalized spacial score (nSPS) is 16.3. The molecule has 0 saturated heterocycles. The molecule has 1 aromatic rings. The van der Waals surface area contributed by atoms with Gasteiger partial charge in [-0.15, -0.1) is 11.3 Å². The van der Waals surface area contributed by atoms with Crippen molar-refractivity contribution in [3.05, 3.63) is 21.9 Å². The van der Waals surface area contributed by atoms with Crippen molar-refractivity contribution in [1.82, 2.24) is 4.90 Å². The molecule has 2 N–H and O–H groups in total. The van der Waals surface area contributed by atoms with Gasteiger partial charge in [-0.25, -0.2) is 0 Å². The molecular formula is C16H21NO3S. The van der Waals surface area contributed by atoms with Crippen molar-refractivity contribution in [1.29, 1.82) is 0 Å². The molecule has 1 saturated carbocycles. The summed E-state index contributed by atoms with van der Waals surface area (Å²) < 4.78 is 0. The van der Waals surface area contributed by atoms with Crippen LogP contribution in [0.5, 0.6) is 0 Å². The molecule has 5 heteroatoms. The van der Waals surface area contributed by atoms with Crippen LogP contribution in [0.15, 0.2) is 11.4 Å². The Hall–Kier alpha value is -1.35. The average Bonchev–Trinajstić information content (AvgIpc) is 3.07. The maximum Gasteiger partial charge on any atom is 0.265 e. The molecule has 0 bridgehead atoms. The summed E-state index contributed by atoms with van der Waals surface area (Å²) in [7, 11) is 1.73. The summed E-state index contributed by atoms with van der Waals surface area (Å²) in [6, 6.07) is 1.82. The Morgan fingerprint density at radius 3 is 2.86 bits per heavy atom. The Bertz CT molecular complexity index is 549. The van der Waals surface area contributed by atoms with E-state index in [-0.39, 0.29) is 12.5 Å². The van der Waals surface area contributed by atoms with Crippen molar-refractivity contribution < 1.29 is 15.0 Å². The van der Waals surface area contributed by atoms with Crippen molar-refractivity contribution in [2.75, 3.05) is 20.2 Å². The second-order valence-electron chi connectivity index (χ2n) is 5.53. The maximum atomic E-state index is 12.5. The predicted molar refractivity (Wildman–Crippen MR) is 83.3 cm³/mol. The molecule has 1 aromatic heterocycles. The second-order valence-corrected chi connectivity index (χ2v) is 6.45. The van der Waals surface area contributed by atoms with Gasteiger partial charge in [-0.2, -0.15) is 0 Å². The van der Waals surface area contributed by atoms with E-state index in [0.29, 0.717) is 23.4 Å². The number of hydrogen-bond donors (Lipinski definition) is 2. The van der Waals surface area contributed by atoms with Crippen LogP contribution in [-0.2, 0) is 0 Å². The van der Waals surface area contributed by atoms with Crippen LogP contribution in [-0.4, -0.2) is 46.8 Å². The zero-order valence-corrected chi connectivity index (χ0v) is 13.1. The van der Waals surface area contributed by atoms with E-state index in [1.807, 2.05) is 11.4 Å². The number of hydrogen-bond acceptors (Lipinski definition) is 4. The largest absolute Gasteiger partial charge is 0.395 e. The molecule has 0 aromatic carbocycles. The van der Waals surface area contributed by atoms with Crippen molar-refractivity contribution in [3.8, 4) is 11.8 Å². The maximum absolute atomic E-state index is 12.5. The molecule has 0 atom stereocenters. The molecule has 0 radical (unpaired) electrons. The lowest BCUT2D eigenvalue weighted by Crippen LogP contribution is -2.42. The smallest absolute Gasteiger partial charge is 0.265 e. The first-order valence-electron chi connectivity index (χ1n) is 7.21. The third-order valence-electron chi connectivity index (χ3n) is 3.73. The molecule has 114 valence electrons. The van der Waals surface area contributed by atoms with Crippen LogP contribution in [0.1, 0.15) is 47.3 Å². The highest BCUT2D eigenvalue weighted by Gasteiger charge is 2.34. The number of carbonyl (C=O) groups excluding carboxylic acids is 1. The fourth-order valence-electron chi connectivity index (χ4n) is 2.66. The number of thiophene rings is 1. The van der Waals surface area contributed by atoms with Crippen molar-refractivity contribution in [2.45, 2.75) is 37.7 Å². The molecule has 2 rings (SSSR count). The summed E-state index contributed by atoms with van der Waals surface area (Å²) >= 11 is 1.36. The third-order valence-corrected chi connectivity index (χ3v) is 4.63. The van der Waals surface area contributed by atoms with E-state index in [0.717, 1.165) is 25.7 Å². The van der Waals surface area contributed by atoms with Crippen LogP contribution in [0.2, 0.25) is 0 Å². The van der Waals surface area contributed by atoms with Crippen molar-refractivity contribution in [2.24, 2.45) is 0 Å². The molecule has 0 aliphatic heterocycles. The summed E-state index contributed by atoms with van der Waals surface area (Å²) in [5.41, 5.74) is -0.0339. The molecule has 1 fully saturated rings. The monoisotopic (exact) mass is 307 g/mol. The SMILES string of the molecule is CN(CC1(O)CCCC1)C(=O)c1sccc1C#CCCO. The summed E-state index contributed by atoms with van der Waals surface area (Å²) in [5.74, 6) is 5.66. The molecule has 1 aliphatic rings. The quantitative estimate of drug-likeness (QED) is 0.835. The van der Waals surface area contributed by atoms with Crippen LogP contribution in [0.4, 0.5) is 0 Å². The van der Waals surface area contributed by atoms with Crippen molar-refractivity contribution >= 4 is 17.2 Å². The highest BCUT2D eigenvalue weighted by Crippen LogP contribution is 2.30. The Morgan fingerprint density at radius 2 is 2.19 bits per heavy atom. The standard InChI is InChI=1S/C16H21NO3S/c1-17(12-16(20)8-3-4-9-16)15(19)14-13(7-11-21-14)6-2-5-10-18/h7,11,18,20H,3-5,8-10,12H2,1H3. The van der Waals surface area contributed by atoms with Crippen LogP contribution in [0.3, 0.4) is 0 Å². The van der Waals surface area contributed by atoms with Gasteiger partial charge in [0.1, 0.15) is 4.88 Å². The van der Waals surface area contributed by atoms with Gasteiger partial charge >= 0.3 is 0 Å². The van der Waals surface area contributed by atoms with Gasteiger partial charge in [-0.3, -0.25) is 4.79 Å². The first kappa shape index (κ1) is 16.0. The molecule has 21 heavy (non-hydrogen) atoms. The lowest BCUT2D eigenvalue weighted by Gasteiger charge is -2.28. The first-order chi connectivity index (χ1) is 10.1. The number of aliphatic hydroxyl groups excluding tert-OH is 1. The van der Waals surface area contributed by atoms with Gasteiger partial charge in [0.15, 0.2) is 0 Å². The first-order valence-corrected chi connectivity index (χ1v) is 8.09. The van der Waals surface area contributed by atoms with E-state index in [2.05, 4.69) is 11.8 Å². The van der Waals surface area contributed by atoms with E-state index < -0.39 is 5.60 Å². The van der Waals surface area contributed by atoms with Crippen LogP contribution in [0, 0.1) is 11.8 Å². The lowest BCUT2D eigenvalue weighted by atomic mass is 10.0. The molecule has 4 nitrogen and oxygen atoms in total. The number of rotatable bonds is 4. The Morgan fingerprint density at radius 1 is 1.48 bits per heavy atom. The third kappa shape index (κ3) is 4.07. The topological polar surface area (TPSA) is 60.8 Å². The molecule has 0 unspecified atom stereocenters. The molecule has 1 amide bonds. The van der Waals surface area contributed by atoms with E-state index in [4.69, 9.17) is 5.11 Å². The fraction of sp³-hybridized carbons (Fsp3) is 0.562.